The molecule has 0 bridgehead atoms. The second-order valence-electron chi connectivity index (χ2n) is 2.79. The first-order chi connectivity index (χ1) is 6.15. The number of terminal acetylenes is 1. The van der Waals surface area contributed by atoms with Gasteiger partial charge in [-0.3, -0.25) is 0 Å². The van der Waals surface area contributed by atoms with Crippen molar-refractivity contribution in [1.29, 1.82) is 0 Å². The molecular weight excluding hydrogens is 167 g/mol. The molecule has 0 aliphatic heterocycles. The Balaban J connectivity index is 2.84. The molecule has 0 fully saturated rings. The van der Waals surface area contributed by atoms with Crippen LogP contribution in [0, 0.1) is 18.2 Å². The predicted molar refractivity (Wildman–Crippen MR) is 50.9 cm³/mol. The highest BCUT2D eigenvalue weighted by atomic mass is 19.1. The lowest BCUT2D eigenvalue weighted by Gasteiger charge is -2.21. The lowest BCUT2D eigenvalue weighted by atomic mass is 10.3. The molecule has 1 unspecified atom stereocenters. The zero-order chi connectivity index (χ0) is 9.84. The van der Waals surface area contributed by atoms with Gasteiger partial charge in [-0.2, -0.15) is 0 Å². The lowest BCUT2D eigenvalue weighted by molar-refractivity contribution is 0.620. The van der Waals surface area contributed by atoms with Crippen LogP contribution in [0.15, 0.2) is 18.3 Å². The summed E-state index contributed by atoms with van der Waals surface area (Å²) in [7, 11) is 1.82. The van der Waals surface area contributed by atoms with Crippen molar-refractivity contribution >= 4 is 5.82 Å². The van der Waals surface area contributed by atoms with Gasteiger partial charge in [0.2, 0.25) is 0 Å². The van der Waals surface area contributed by atoms with Crippen LogP contribution < -0.4 is 4.90 Å². The summed E-state index contributed by atoms with van der Waals surface area (Å²) in [4.78, 5) is 5.71. The normalized spacial score (nSPS) is 11.8. The van der Waals surface area contributed by atoms with E-state index >= 15 is 0 Å². The minimum atomic E-state index is -0.342. The van der Waals surface area contributed by atoms with E-state index in [1.54, 1.807) is 11.0 Å². The Morgan fingerprint density at radius 2 is 2.31 bits per heavy atom. The van der Waals surface area contributed by atoms with Gasteiger partial charge in [0.05, 0.1) is 12.2 Å². The van der Waals surface area contributed by atoms with Gasteiger partial charge in [0.15, 0.2) is 0 Å². The highest BCUT2D eigenvalue weighted by Gasteiger charge is 2.07. The van der Waals surface area contributed by atoms with Gasteiger partial charge < -0.3 is 4.90 Å². The topological polar surface area (TPSA) is 16.1 Å². The Morgan fingerprint density at radius 1 is 1.62 bits per heavy atom. The first-order valence-electron chi connectivity index (χ1n) is 3.95. The average molecular weight is 178 g/mol. The predicted octanol–water partition coefficient (Wildman–Crippen LogP) is 1.68. The average Bonchev–Trinajstić information content (AvgIpc) is 2.17. The highest BCUT2D eigenvalue weighted by molar-refractivity contribution is 5.40. The van der Waals surface area contributed by atoms with Crippen LogP contribution in [0.4, 0.5) is 10.2 Å². The molecule has 0 N–H and O–H groups in total. The van der Waals surface area contributed by atoms with E-state index in [-0.39, 0.29) is 11.9 Å². The molecule has 0 amide bonds. The standard InChI is InChI=1S/C10H11FN2/c1-4-8(2)13(3)10-6-5-9(11)7-12-10/h1,5-8H,2-3H3. The maximum absolute atomic E-state index is 12.5. The summed E-state index contributed by atoms with van der Waals surface area (Å²) in [5, 5.41) is 0. The van der Waals surface area contributed by atoms with Gasteiger partial charge in [0.1, 0.15) is 11.6 Å². The van der Waals surface area contributed by atoms with E-state index in [0.29, 0.717) is 5.82 Å². The Bertz CT molecular complexity index is 313. The first kappa shape index (κ1) is 9.53. The smallest absolute Gasteiger partial charge is 0.141 e. The molecule has 0 spiro atoms. The molecule has 1 atom stereocenters. The molecule has 2 nitrogen and oxygen atoms in total. The Hall–Kier alpha value is -1.56. The van der Waals surface area contributed by atoms with E-state index < -0.39 is 0 Å². The van der Waals surface area contributed by atoms with Crippen LogP contribution in [0.5, 0.6) is 0 Å². The fourth-order valence-corrected chi connectivity index (χ4v) is 0.887. The van der Waals surface area contributed by atoms with Gasteiger partial charge in [-0.25, -0.2) is 9.37 Å². The molecule has 68 valence electrons. The van der Waals surface area contributed by atoms with Gasteiger partial charge in [-0.15, -0.1) is 6.42 Å². The van der Waals surface area contributed by atoms with Gasteiger partial charge in [0, 0.05) is 7.05 Å². The minimum absolute atomic E-state index is 0.0436. The van der Waals surface area contributed by atoms with Crippen LogP contribution in [0.3, 0.4) is 0 Å². The monoisotopic (exact) mass is 178 g/mol. The van der Waals surface area contributed by atoms with Crippen LogP contribution in [-0.2, 0) is 0 Å². The molecule has 0 aliphatic carbocycles. The maximum atomic E-state index is 12.5. The molecule has 13 heavy (non-hydrogen) atoms. The van der Waals surface area contributed by atoms with Crippen molar-refractivity contribution in [3.05, 3.63) is 24.1 Å². The number of nitrogens with zero attached hydrogens (tertiary/aromatic N) is 2. The van der Waals surface area contributed by atoms with E-state index in [9.17, 15) is 4.39 Å². The third-order valence-electron chi connectivity index (χ3n) is 1.90. The molecule has 0 aromatic carbocycles. The van der Waals surface area contributed by atoms with Crippen LogP contribution in [0.1, 0.15) is 6.92 Å². The molecule has 1 aromatic heterocycles. The quantitative estimate of drug-likeness (QED) is 0.640. The molecule has 1 rings (SSSR count). The molecule has 1 heterocycles. The maximum Gasteiger partial charge on any atom is 0.141 e. The van der Waals surface area contributed by atoms with E-state index in [0.717, 1.165) is 0 Å². The van der Waals surface area contributed by atoms with Crippen molar-refractivity contribution < 1.29 is 4.39 Å². The number of rotatable bonds is 2. The van der Waals surface area contributed by atoms with E-state index in [1.165, 1.54) is 12.3 Å². The summed E-state index contributed by atoms with van der Waals surface area (Å²) >= 11 is 0. The Morgan fingerprint density at radius 3 is 2.77 bits per heavy atom. The second kappa shape index (κ2) is 3.90. The van der Waals surface area contributed by atoms with Crippen molar-refractivity contribution in [3.8, 4) is 12.3 Å². The largest absolute Gasteiger partial charge is 0.346 e. The summed E-state index contributed by atoms with van der Waals surface area (Å²) in [6.07, 6.45) is 6.42. The van der Waals surface area contributed by atoms with Crippen molar-refractivity contribution in [2.24, 2.45) is 0 Å². The number of pyridine rings is 1. The first-order valence-corrected chi connectivity index (χ1v) is 3.95. The number of halogens is 1. The molecular formula is C10H11FN2. The van der Waals surface area contributed by atoms with Gasteiger partial charge in [-0.05, 0) is 19.1 Å². The fraction of sp³-hybridized carbons (Fsp3) is 0.300. The molecule has 1 aromatic rings. The van der Waals surface area contributed by atoms with Crippen LogP contribution in [0.2, 0.25) is 0 Å². The van der Waals surface area contributed by atoms with Gasteiger partial charge >= 0.3 is 0 Å². The van der Waals surface area contributed by atoms with Crippen molar-refractivity contribution in [2.75, 3.05) is 11.9 Å². The van der Waals surface area contributed by atoms with Crippen LogP contribution in [-0.4, -0.2) is 18.1 Å². The molecule has 0 aliphatic rings. The van der Waals surface area contributed by atoms with Crippen molar-refractivity contribution in [1.82, 2.24) is 4.98 Å². The summed E-state index contributed by atoms with van der Waals surface area (Å²) < 4.78 is 12.5. The summed E-state index contributed by atoms with van der Waals surface area (Å²) in [6, 6.07) is 2.92. The summed E-state index contributed by atoms with van der Waals surface area (Å²) in [5.41, 5.74) is 0. The minimum Gasteiger partial charge on any atom is -0.346 e. The zero-order valence-corrected chi connectivity index (χ0v) is 7.66. The van der Waals surface area contributed by atoms with Gasteiger partial charge in [-0.1, -0.05) is 5.92 Å². The highest BCUT2D eigenvalue weighted by Crippen LogP contribution is 2.10. The fourth-order valence-electron chi connectivity index (χ4n) is 0.887. The zero-order valence-electron chi connectivity index (χ0n) is 7.66. The second-order valence-corrected chi connectivity index (χ2v) is 2.79. The Kier molecular flexibility index (Phi) is 2.86. The molecule has 0 saturated carbocycles. The van der Waals surface area contributed by atoms with E-state index in [4.69, 9.17) is 6.42 Å². The summed E-state index contributed by atoms with van der Waals surface area (Å²) in [6.45, 7) is 1.88. The molecule has 0 radical (unpaired) electrons. The van der Waals surface area contributed by atoms with Crippen LogP contribution >= 0.6 is 0 Å². The van der Waals surface area contributed by atoms with Crippen molar-refractivity contribution in [3.63, 3.8) is 0 Å². The number of hydrogen-bond donors (Lipinski definition) is 0. The third-order valence-corrected chi connectivity index (χ3v) is 1.90. The van der Waals surface area contributed by atoms with Crippen molar-refractivity contribution in [2.45, 2.75) is 13.0 Å². The van der Waals surface area contributed by atoms with E-state index in [2.05, 4.69) is 10.9 Å². The molecule has 3 heteroatoms. The Labute approximate surface area is 77.4 Å². The number of anilines is 1. The van der Waals surface area contributed by atoms with Gasteiger partial charge in [0.25, 0.3) is 0 Å². The third kappa shape index (κ3) is 2.19. The summed E-state index contributed by atoms with van der Waals surface area (Å²) in [5.74, 6) is 2.90. The van der Waals surface area contributed by atoms with Crippen LogP contribution in [0.25, 0.3) is 0 Å². The number of aromatic nitrogens is 1. The molecule has 0 saturated heterocycles. The van der Waals surface area contributed by atoms with E-state index in [1.807, 2.05) is 14.0 Å². The SMILES string of the molecule is C#CC(C)N(C)c1ccc(F)cn1. The lowest BCUT2D eigenvalue weighted by Crippen LogP contribution is -2.27. The number of hydrogen-bond acceptors (Lipinski definition) is 2.